The number of allylic oxidation sites excluding steroid dienone is 1. The molecule has 0 saturated carbocycles. The second-order valence-corrected chi connectivity index (χ2v) is 5.34. The number of ether oxygens (including phenoxy) is 1. The highest BCUT2D eigenvalue weighted by Gasteiger charge is 2.39. The fourth-order valence-electron chi connectivity index (χ4n) is 2.21. The van der Waals surface area contributed by atoms with Crippen molar-refractivity contribution in [3.63, 3.8) is 0 Å². The number of nitrogens with zero attached hydrogens (tertiary/aromatic N) is 2. The van der Waals surface area contributed by atoms with E-state index in [2.05, 4.69) is 0 Å². The number of urea groups is 1. The van der Waals surface area contributed by atoms with E-state index in [1.165, 1.54) is 23.3 Å². The van der Waals surface area contributed by atoms with Crippen molar-refractivity contribution in [2.24, 2.45) is 0 Å². The van der Waals surface area contributed by atoms with E-state index in [0.717, 1.165) is 4.88 Å². The lowest BCUT2D eigenvalue weighted by atomic mass is 9.99. The molecule has 1 aliphatic heterocycles. The van der Waals surface area contributed by atoms with Gasteiger partial charge in [-0.25, -0.2) is 9.59 Å². The first-order chi connectivity index (χ1) is 8.99. The average Bonchev–Trinajstić information content (AvgIpc) is 2.93. The molecular formula is C13H16N2O3S. The maximum Gasteiger partial charge on any atom is 0.338 e. The van der Waals surface area contributed by atoms with Gasteiger partial charge in [0.25, 0.3) is 0 Å². The summed E-state index contributed by atoms with van der Waals surface area (Å²) in [6.45, 7) is 1.76. The summed E-state index contributed by atoms with van der Waals surface area (Å²) >= 11 is 1.52. The van der Waals surface area contributed by atoms with Crippen LogP contribution in [-0.4, -0.2) is 43.0 Å². The van der Waals surface area contributed by atoms with Gasteiger partial charge in [-0.2, -0.15) is 0 Å². The topological polar surface area (TPSA) is 49.9 Å². The lowest BCUT2D eigenvalue weighted by molar-refractivity contribution is -0.137. The van der Waals surface area contributed by atoms with Crippen molar-refractivity contribution >= 4 is 23.3 Å². The van der Waals surface area contributed by atoms with Gasteiger partial charge in [0.05, 0.1) is 12.7 Å². The molecule has 19 heavy (non-hydrogen) atoms. The van der Waals surface area contributed by atoms with Crippen molar-refractivity contribution in [1.82, 2.24) is 9.80 Å². The van der Waals surface area contributed by atoms with Gasteiger partial charge in [0, 0.05) is 24.7 Å². The van der Waals surface area contributed by atoms with E-state index in [0.29, 0.717) is 11.3 Å². The normalized spacial score (nSPS) is 20.0. The van der Waals surface area contributed by atoms with E-state index < -0.39 is 5.97 Å². The monoisotopic (exact) mass is 280 g/mol. The minimum Gasteiger partial charge on any atom is -0.466 e. The number of carbonyl (C=O) groups is 2. The highest BCUT2D eigenvalue weighted by molar-refractivity contribution is 7.10. The number of methoxy groups -OCH3 is 1. The third-order valence-electron chi connectivity index (χ3n) is 3.36. The maximum atomic E-state index is 12.2. The minimum atomic E-state index is -0.401. The Hall–Kier alpha value is -1.82. The molecule has 1 aliphatic rings. The summed E-state index contributed by atoms with van der Waals surface area (Å²) in [6.07, 6.45) is 0. The predicted molar refractivity (Wildman–Crippen MR) is 72.7 cm³/mol. The van der Waals surface area contributed by atoms with Crippen LogP contribution in [0.1, 0.15) is 17.8 Å². The zero-order chi connectivity index (χ0) is 14.2. The van der Waals surface area contributed by atoms with Crippen LogP contribution in [0.4, 0.5) is 4.79 Å². The van der Waals surface area contributed by atoms with Crippen LogP contribution in [0.2, 0.25) is 0 Å². The summed E-state index contributed by atoms with van der Waals surface area (Å²) in [5.74, 6) is -0.401. The molecule has 6 heteroatoms. The molecule has 0 saturated heterocycles. The number of hydrogen-bond acceptors (Lipinski definition) is 4. The lowest BCUT2D eigenvalue weighted by Crippen LogP contribution is -2.47. The van der Waals surface area contributed by atoms with E-state index in [4.69, 9.17) is 4.74 Å². The molecule has 0 radical (unpaired) electrons. The van der Waals surface area contributed by atoms with Gasteiger partial charge < -0.3 is 14.5 Å². The van der Waals surface area contributed by atoms with Crippen molar-refractivity contribution < 1.29 is 14.3 Å². The van der Waals surface area contributed by atoms with Crippen molar-refractivity contribution in [3.8, 4) is 0 Å². The molecule has 0 aromatic carbocycles. The van der Waals surface area contributed by atoms with Crippen LogP contribution in [-0.2, 0) is 9.53 Å². The van der Waals surface area contributed by atoms with E-state index >= 15 is 0 Å². The molecule has 0 fully saturated rings. The Kier molecular flexibility index (Phi) is 3.61. The van der Waals surface area contributed by atoms with Crippen LogP contribution >= 0.6 is 11.3 Å². The maximum absolute atomic E-state index is 12.2. The third kappa shape index (κ3) is 2.12. The smallest absolute Gasteiger partial charge is 0.338 e. The van der Waals surface area contributed by atoms with E-state index in [1.54, 1.807) is 25.9 Å². The molecule has 0 N–H and O–H groups in total. The van der Waals surface area contributed by atoms with Gasteiger partial charge in [-0.15, -0.1) is 11.3 Å². The Morgan fingerprint density at radius 2 is 2.11 bits per heavy atom. The molecule has 1 aromatic rings. The van der Waals surface area contributed by atoms with Crippen molar-refractivity contribution in [2.75, 3.05) is 21.2 Å². The lowest BCUT2D eigenvalue weighted by Gasteiger charge is -2.38. The SMILES string of the molecule is COC(=O)C1=C(C)N(C)C(=O)N(C)[C@@H]1c1cccs1. The minimum absolute atomic E-state index is 0.136. The largest absolute Gasteiger partial charge is 0.466 e. The molecule has 102 valence electrons. The Labute approximate surface area is 116 Å². The number of rotatable bonds is 2. The number of hydrogen-bond donors (Lipinski definition) is 0. The van der Waals surface area contributed by atoms with Crippen LogP contribution in [0.3, 0.4) is 0 Å². The number of amides is 2. The molecule has 5 nitrogen and oxygen atoms in total. The summed E-state index contributed by atoms with van der Waals surface area (Å²) < 4.78 is 4.86. The molecule has 1 aromatic heterocycles. The summed E-state index contributed by atoms with van der Waals surface area (Å²) in [6, 6.07) is 3.31. The zero-order valence-electron chi connectivity index (χ0n) is 11.3. The molecule has 0 aliphatic carbocycles. The van der Waals surface area contributed by atoms with Gasteiger partial charge in [-0.1, -0.05) is 6.07 Å². The molecule has 0 spiro atoms. The fourth-order valence-corrected chi connectivity index (χ4v) is 3.09. The van der Waals surface area contributed by atoms with Crippen LogP contribution in [0.15, 0.2) is 28.8 Å². The van der Waals surface area contributed by atoms with Crippen LogP contribution in [0.25, 0.3) is 0 Å². The van der Waals surface area contributed by atoms with E-state index in [9.17, 15) is 9.59 Å². The summed E-state index contributed by atoms with van der Waals surface area (Å²) in [4.78, 5) is 28.2. The Balaban J connectivity index is 2.59. The Bertz CT molecular complexity index is 536. The van der Waals surface area contributed by atoms with Crippen LogP contribution in [0, 0.1) is 0 Å². The van der Waals surface area contributed by atoms with Crippen molar-refractivity contribution in [1.29, 1.82) is 0 Å². The number of thiophene rings is 1. The van der Waals surface area contributed by atoms with E-state index in [-0.39, 0.29) is 12.1 Å². The Morgan fingerprint density at radius 1 is 1.42 bits per heavy atom. The van der Waals surface area contributed by atoms with Crippen molar-refractivity contribution in [3.05, 3.63) is 33.7 Å². The van der Waals surface area contributed by atoms with Gasteiger partial charge in [0.1, 0.15) is 6.04 Å². The van der Waals surface area contributed by atoms with E-state index in [1.807, 2.05) is 17.5 Å². The predicted octanol–water partition coefficient (Wildman–Crippen LogP) is 2.23. The van der Waals surface area contributed by atoms with Gasteiger partial charge in [-0.05, 0) is 18.4 Å². The van der Waals surface area contributed by atoms with Gasteiger partial charge in [-0.3, -0.25) is 0 Å². The number of esters is 1. The second-order valence-electron chi connectivity index (χ2n) is 4.36. The number of carbonyl (C=O) groups excluding carboxylic acids is 2. The highest BCUT2D eigenvalue weighted by atomic mass is 32.1. The molecular weight excluding hydrogens is 264 g/mol. The molecule has 0 bridgehead atoms. The second kappa shape index (κ2) is 5.05. The molecule has 2 amide bonds. The third-order valence-corrected chi connectivity index (χ3v) is 4.29. The van der Waals surface area contributed by atoms with Crippen molar-refractivity contribution in [2.45, 2.75) is 13.0 Å². The first-order valence-electron chi connectivity index (χ1n) is 5.82. The van der Waals surface area contributed by atoms with Gasteiger partial charge in [0.15, 0.2) is 0 Å². The van der Waals surface area contributed by atoms with Crippen LogP contribution in [0.5, 0.6) is 0 Å². The van der Waals surface area contributed by atoms with Crippen LogP contribution < -0.4 is 0 Å². The first-order valence-corrected chi connectivity index (χ1v) is 6.70. The standard InChI is InChI=1S/C13H16N2O3S/c1-8-10(12(16)18-4)11(9-6-5-7-19-9)15(3)13(17)14(8)2/h5-7,11H,1-4H3/t11-/m1/s1. The molecule has 2 heterocycles. The average molecular weight is 280 g/mol. The summed E-state index contributed by atoms with van der Waals surface area (Å²) in [7, 11) is 4.70. The molecule has 2 rings (SSSR count). The molecule has 1 atom stereocenters. The quantitative estimate of drug-likeness (QED) is 0.781. The first kappa shape index (κ1) is 13.6. The molecule has 0 unspecified atom stereocenters. The summed E-state index contributed by atoms with van der Waals surface area (Å²) in [5, 5.41) is 1.93. The van der Waals surface area contributed by atoms with Gasteiger partial charge in [0.2, 0.25) is 0 Å². The fraction of sp³-hybridized carbons (Fsp3) is 0.385. The zero-order valence-corrected chi connectivity index (χ0v) is 12.2. The highest BCUT2D eigenvalue weighted by Crippen LogP contribution is 2.37. The summed E-state index contributed by atoms with van der Waals surface area (Å²) in [5.41, 5.74) is 1.14. The van der Waals surface area contributed by atoms with Gasteiger partial charge >= 0.3 is 12.0 Å². The Morgan fingerprint density at radius 3 is 2.63 bits per heavy atom. The number of likely N-dealkylation sites (N-methyl/N-ethyl adjacent to an activating group) is 1.